The Bertz CT molecular complexity index is 1210. The van der Waals surface area contributed by atoms with Gasteiger partial charge in [0.1, 0.15) is 11.6 Å². The second-order valence-electron chi connectivity index (χ2n) is 5.97. The first kappa shape index (κ1) is 17.8. The lowest BCUT2D eigenvalue weighted by Gasteiger charge is -2.02. The summed E-state index contributed by atoms with van der Waals surface area (Å²) >= 11 is 7.54. The van der Waals surface area contributed by atoms with Crippen LogP contribution in [0, 0.1) is 0 Å². The Balaban J connectivity index is 1.77. The quantitative estimate of drug-likeness (QED) is 0.478. The van der Waals surface area contributed by atoms with Crippen LogP contribution in [0.1, 0.15) is 11.9 Å². The molecular weight excluding hydrogens is 386 g/mol. The molecule has 27 heavy (non-hydrogen) atoms. The van der Waals surface area contributed by atoms with Crippen molar-refractivity contribution in [1.82, 2.24) is 14.1 Å². The molecule has 0 radical (unpaired) electrons. The van der Waals surface area contributed by atoms with Gasteiger partial charge >= 0.3 is 11.7 Å². The van der Waals surface area contributed by atoms with Crippen LogP contribution in [0.3, 0.4) is 0 Å². The second kappa shape index (κ2) is 7.17. The molecular formula is C19H16ClN3O3S. The van der Waals surface area contributed by atoms with Gasteiger partial charge in [0.2, 0.25) is 0 Å². The lowest BCUT2D eigenvalue weighted by molar-refractivity contribution is -0.143. The van der Waals surface area contributed by atoms with E-state index in [9.17, 15) is 9.59 Å². The number of aromatic nitrogens is 3. The number of hydrogen-bond donors (Lipinski definition) is 0. The number of carbonyl (C=O) groups is 1. The van der Waals surface area contributed by atoms with Gasteiger partial charge in [-0.15, -0.1) is 11.3 Å². The standard InChI is InChI=1S/C19H16ClN3O3S/c1-2-26-18(24)11-23-15-6-4-3-5-14(15)22(19(23)25)10-17-21-13-8-7-12(20)9-16(13)27-17/h3-9H,2,10-11H2,1H3. The normalized spacial score (nSPS) is 11.3. The number of nitrogens with zero attached hydrogens (tertiary/aromatic N) is 3. The van der Waals surface area contributed by atoms with Crippen LogP contribution in [0.25, 0.3) is 21.3 Å². The van der Waals surface area contributed by atoms with Gasteiger partial charge in [-0.2, -0.15) is 0 Å². The molecule has 0 bridgehead atoms. The van der Waals surface area contributed by atoms with E-state index in [4.69, 9.17) is 16.3 Å². The fraction of sp³-hybridized carbons (Fsp3) is 0.211. The number of imidazole rings is 1. The summed E-state index contributed by atoms with van der Waals surface area (Å²) in [5.41, 5.74) is 2.04. The minimum Gasteiger partial charge on any atom is -0.465 e. The zero-order chi connectivity index (χ0) is 19.0. The topological polar surface area (TPSA) is 66.1 Å². The van der Waals surface area contributed by atoms with Gasteiger partial charge in [0, 0.05) is 5.02 Å². The van der Waals surface area contributed by atoms with Crippen molar-refractivity contribution < 1.29 is 9.53 Å². The van der Waals surface area contributed by atoms with Crippen molar-refractivity contribution in [3.8, 4) is 0 Å². The highest BCUT2D eigenvalue weighted by Gasteiger charge is 2.17. The van der Waals surface area contributed by atoms with Crippen LogP contribution >= 0.6 is 22.9 Å². The first-order valence-corrected chi connectivity index (χ1v) is 9.65. The Kier molecular flexibility index (Phi) is 4.72. The first-order valence-electron chi connectivity index (χ1n) is 8.45. The summed E-state index contributed by atoms with van der Waals surface area (Å²) in [6.45, 7) is 2.23. The molecule has 2 aromatic carbocycles. The van der Waals surface area contributed by atoms with Gasteiger partial charge in [-0.1, -0.05) is 23.7 Å². The Morgan fingerprint density at radius 3 is 2.67 bits per heavy atom. The first-order chi connectivity index (χ1) is 13.1. The number of benzene rings is 2. The smallest absolute Gasteiger partial charge is 0.330 e. The number of rotatable bonds is 5. The van der Waals surface area contributed by atoms with Gasteiger partial charge in [-0.3, -0.25) is 13.9 Å². The largest absolute Gasteiger partial charge is 0.465 e. The van der Waals surface area contributed by atoms with Crippen LogP contribution in [0.5, 0.6) is 0 Å². The zero-order valence-electron chi connectivity index (χ0n) is 14.5. The Morgan fingerprint density at radius 2 is 1.93 bits per heavy atom. The van der Waals surface area contributed by atoms with Gasteiger partial charge in [0.15, 0.2) is 0 Å². The molecule has 0 saturated carbocycles. The summed E-state index contributed by atoms with van der Waals surface area (Å²) in [5.74, 6) is -0.433. The van der Waals surface area contributed by atoms with Gasteiger partial charge < -0.3 is 4.74 Å². The highest BCUT2D eigenvalue weighted by Crippen LogP contribution is 2.26. The number of carbonyl (C=O) groups excluding carboxylic acids is 1. The van der Waals surface area contributed by atoms with Crippen LogP contribution in [0.4, 0.5) is 0 Å². The van der Waals surface area contributed by atoms with Gasteiger partial charge in [0.25, 0.3) is 0 Å². The highest BCUT2D eigenvalue weighted by atomic mass is 35.5. The monoisotopic (exact) mass is 401 g/mol. The number of halogens is 1. The molecule has 8 heteroatoms. The predicted octanol–water partition coefficient (Wildman–Crippen LogP) is 3.68. The molecule has 0 N–H and O–H groups in total. The van der Waals surface area contributed by atoms with Crippen molar-refractivity contribution in [1.29, 1.82) is 0 Å². The van der Waals surface area contributed by atoms with Gasteiger partial charge in [-0.25, -0.2) is 9.78 Å². The molecule has 0 spiro atoms. The van der Waals surface area contributed by atoms with Crippen LogP contribution in [-0.2, 0) is 22.6 Å². The average Bonchev–Trinajstić information content (AvgIpc) is 3.16. The van der Waals surface area contributed by atoms with E-state index in [1.165, 1.54) is 15.9 Å². The summed E-state index contributed by atoms with van der Waals surface area (Å²) in [6, 6.07) is 12.9. The molecule has 0 aliphatic heterocycles. The summed E-state index contributed by atoms with van der Waals surface area (Å²) in [6.07, 6.45) is 0. The fourth-order valence-corrected chi connectivity index (χ4v) is 4.30. The summed E-state index contributed by atoms with van der Waals surface area (Å²) < 4.78 is 9.05. The third-order valence-electron chi connectivity index (χ3n) is 4.21. The van der Waals surface area contributed by atoms with Gasteiger partial charge in [0.05, 0.1) is 34.4 Å². The molecule has 6 nitrogen and oxygen atoms in total. The summed E-state index contributed by atoms with van der Waals surface area (Å²) in [7, 11) is 0. The molecule has 0 unspecified atom stereocenters. The van der Waals surface area contributed by atoms with Crippen LogP contribution in [0.2, 0.25) is 5.02 Å². The Labute approximate surface area is 163 Å². The van der Waals surface area contributed by atoms with Crippen molar-refractivity contribution in [3.05, 3.63) is 63.0 Å². The SMILES string of the molecule is CCOC(=O)Cn1c(=O)n(Cc2nc3ccc(Cl)cc3s2)c2ccccc21. The second-order valence-corrected chi connectivity index (χ2v) is 7.52. The van der Waals surface area contributed by atoms with Crippen molar-refractivity contribution in [2.45, 2.75) is 20.0 Å². The molecule has 4 rings (SSSR count). The maximum absolute atomic E-state index is 13.0. The maximum atomic E-state index is 13.0. The zero-order valence-corrected chi connectivity index (χ0v) is 16.1. The molecule has 0 fully saturated rings. The average molecular weight is 402 g/mol. The molecule has 2 aromatic heterocycles. The third-order valence-corrected chi connectivity index (χ3v) is 5.44. The Morgan fingerprint density at radius 1 is 1.19 bits per heavy atom. The van der Waals surface area contributed by atoms with E-state index in [1.54, 1.807) is 17.6 Å². The van der Waals surface area contributed by atoms with E-state index in [-0.39, 0.29) is 18.8 Å². The van der Waals surface area contributed by atoms with E-state index in [0.717, 1.165) is 20.7 Å². The van der Waals surface area contributed by atoms with Crippen molar-refractivity contribution in [2.24, 2.45) is 0 Å². The fourth-order valence-electron chi connectivity index (χ4n) is 3.06. The van der Waals surface area contributed by atoms with E-state index in [2.05, 4.69) is 4.98 Å². The predicted molar refractivity (Wildman–Crippen MR) is 107 cm³/mol. The lowest BCUT2D eigenvalue weighted by atomic mass is 10.3. The lowest BCUT2D eigenvalue weighted by Crippen LogP contribution is -2.28. The number of ether oxygens (including phenoxy) is 1. The number of fused-ring (bicyclic) bond motifs is 2. The molecule has 138 valence electrons. The van der Waals surface area contributed by atoms with E-state index in [0.29, 0.717) is 17.1 Å². The van der Waals surface area contributed by atoms with E-state index >= 15 is 0 Å². The van der Waals surface area contributed by atoms with Crippen molar-refractivity contribution in [2.75, 3.05) is 6.61 Å². The van der Waals surface area contributed by atoms with Crippen LogP contribution in [-0.4, -0.2) is 26.7 Å². The van der Waals surface area contributed by atoms with Crippen LogP contribution in [0.15, 0.2) is 47.3 Å². The minimum atomic E-state index is -0.433. The molecule has 0 atom stereocenters. The summed E-state index contributed by atoms with van der Waals surface area (Å²) in [4.78, 5) is 29.5. The molecule has 0 saturated heterocycles. The number of para-hydroxylation sites is 2. The van der Waals surface area contributed by atoms with Gasteiger partial charge in [-0.05, 0) is 37.3 Å². The Hall–Kier alpha value is -2.64. The summed E-state index contributed by atoms with van der Waals surface area (Å²) in [5, 5.41) is 1.45. The minimum absolute atomic E-state index is 0.115. The van der Waals surface area contributed by atoms with Crippen molar-refractivity contribution in [3.63, 3.8) is 0 Å². The van der Waals surface area contributed by atoms with Crippen LogP contribution < -0.4 is 5.69 Å². The highest BCUT2D eigenvalue weighted by molar-refractivity contribution is 7.18. The third kappa shape index (κ3) is 3.36. The molecule has 0 aliphatic carbocycles. The molecule has 4 aromatic rings. The number of esters is 1. The maximum Gasteiger partial charge on any atom is 0.330 e. The van der Waals surface area contributed by atoms with Crippen molar-refractivity contribution >= 4 is 50.2 Å². The van der Waals surface area contributed by atoms with E-state index in [1.807, 2.05) is 36.4 Å². The molecule has 0 aliphatic rings. The molecule has 0 amide bonds. The number of thiazole rings is 1. The molecule has 2 heterocycles. The van der Waals surface area contributed by atoms with E-state index < -0.39 is 5.97 Å². The number of hydrogen-bond acceptors (Lipinski definition) is 5.